The van der Waals surface area contributed by atoms with Crippen LogP contribution < -0.4 is 4.57 Å². The van der Waals surface area contributed by atoms with Gasteiger partial charge in [-0.25, -0.2) is 0 Å². The van der Waals surface area contributed by atoms with Crippen molar-refractivity contribution in [3.8, 4) is 10.6 Å². The summed E-state index contributed by atoms with van der Waals surface area (Å²) in [5.41, 5.74) is 2.67. The Balaban J connectivity index is 1.69. The number of benzene rings is 3. The van der Waals surface area contributed by atoms with Crippen molar-refractivity contribution >= 4 is 63.7 Å². The summed E-state index contributed by atoms with van der Waals surface area (Å²) in [4.78, 5) is 1.37. The minimum atomic E-state index is 1.29. The highest BCUT2D eigenvalue weighted by Gasteiger charge is 2.20. The number of nitrogens with zero attached hydrogens (tertiary/aromatic N) is 1. The second-order valence-corrected chi connectivity index (χ2v) is 9.47. The van der Waals surface area contributed by atoms with Gasteiger partial charge in [0.15, 0.2) is 6.20 Å². The molecule has 134 valence electrons. The zero-order valence-corrected chi connectivity index (χ0v) is 17.3. The molecule has 6 aromatic rings. The summed E-state index contributed by atoms with van der Waals surface area (Å²) in [5.74, 6) is 0. The van der Waals surface area contributed by atoms with Gasteiger partial charge in [-0.3, -0.25) is 0 Å². The summed E-state index contributed by atoms with van der Waals surface area (Å²) in [7, 11) is 2.17. The normalized spacial score (nSPS) is 11.9. The zero-order chi connectivity index (χ0) is 18.8. The van der Waals surface area contributed by atoms with Crippen LogP contribution in [0.2, 0.25) is 0 Å². The topological polar surface area (TPSA) is 3.88 Å². The van der Waals surface area contributed by atoms with Crippen LogP contribution in [0, 0.1) is 6.92 Å². The van der Waals surface area contributed by atoms with E-state index in [9.17, 15) is 0 Å². The minimum absolute atomic E-state index is 1.29. The molecule has 0 radical (unpaired) electrons. The first-order valence-electron chi connectivity index (χ1n) is 9.43. The van der Waals surface area contributed by atoms with E-state index in [1.165, 1.54) is 57.2 Å². The maximum atomic E-state index is 2.39. The molecule has 6 rings (SSSR count). The first-order chi connectivity index (χ1) is 13.7. The zero-order valence-electron chi connectivity index (χ0n) is 15.7. The molecule has 0 atom stereocenters. The molecule has 3 aromatic heterocycles. The summed E-state index contributed by atoms with van der Waals surface area (Å²) in [5, 5.41) is 6.74. The maximum absolute atomic E-state index is 2.39. The fourth-order valence-corrected chi connectivity index (χ4v) is 6.80. The lowest BCUT2D eigenvalue weighted by atomic mass is 10.1. The molecule has 1 nitrogen and oxygen atoms in total. The van der Waals surface area contributed by atoms with Crippen molar-refractivity contribution in [3.05, 3.63) is 78.5 Å². The van der Waals surface area contributed by atoms with Crippen LogP contribution in [-0.2, 0) is 7.05 Å². The van der Waals surface area contributed by atoms with E-state index in [-0.39, 0.29) is 0 Å². The Bertz CT molecular complexity index is 1530. The monoisotopic (exact) mass is 396 g/mol. The van der Waals surface area contributed by atoms with Crippen LogP contribution in [0.1, 0.15) is 5.56 Å². The van der Waals surface area contributed by atoms with E-state index in [0.29, 0.717) is 0 Å². The predicted octanol–water partition coefficient (Wildman–Crippen LogP) is 7.22. The fourth-order valence-electron chi connectivity index (χ4n) is 4.24. The number of hydrogen-bond donors (Lipinski definition) is 0. The van der Waals surface area contributed by atoms with Gasteiger partial charge >= 0.3 is 0 Å². The van der Waals surface area contributed by atoms with E-state index in [1.807, 2.05) is 22.7 Å². The van der Waals surface area contributed by atoms with Gasteiger partial charge in [-0.15, -0.1) is 22.7 Å². The number of fused-ring (bicyclic) bond motifs is 6. The lowest BCUT2D eigenvalue weighted by molar-refractivity contribution is -0.658. The van der Waals surface area contributed by atoms with Gasteiger partial charge in [0.25, 0.3) is 0 Å². The molecule has 3 heteroatoms. The van der Waals surface area contributed by atoms with E-state index in [0.717, 1.165) is 0 Å². The van der Waals surface area contributed by atoms with E-state index in [4.69, 9.17) is 0 Å². The first-order valence-corrected chi connectivity index (χ1v) is 11.1. The molecule has 0 aliphatic heterocycles. The van der Waals surface area contributed by atoms with Crippen molar-refractivity contribution in [2.45, 2.75) is 6.92 Å². The summed E-state index contributed by atoms with van der Waals surface area (Å²) in [6, 6.07) is 24.3. The molecular formula is C25H18NS2+. The van der Waals surface area contributed by atoms with Gasteiger partial charge in [0.05, 0.1) is 4.70 Å². The van der Waals surface area contributed by atoms with Crippen molar-refractivity contribution in [2.75, 3.05) is 0 Å². The Labute approximate surface area is 171 Å². The van der Waals surface area contributed by atoms with Crippen molar-refractivity contribution in [3.63, 3.8) is 0 Å². The Morgan fingerprint density at radius 2 is 1.50 bits per heavy atom. The van der Waals surface area contributed by atoms with Crippen molar-refractivity contribution < 1.29 is 4.57 Å². The summed E-state index contributed by atoms with van der Waals surface area (Å²) < 4.78 is 6.38. The number of aromatic nitrogens is 1. The summed E-state index contributed by atoms with van der Waals surface area (Å²) in [6.07, 6.45) is 2.30. The van der Waals surface area contributed by atoms with E-state index in [2.05, 4.69) is 91.5 Å². The molecule has 0 bridgehead atoms. The number of pyridine rings is 1. The number of aryl methyl sites for hydroxylation is 2. The van der Waals surface area contributed by atoms with Crippen LogP contribution in [0.4, 0.5) is 0 Å². The molecule has 0 fully saturated rings. The van der Waals surface area contributed by atoms with Gasteiger partial charge in [-0.2, -0.15) is 4.57 Å². The van der Waals surface area contributed by atoms with Crippen molar-refractivity contribution in [2.24, 2.45) is 7.05 Å². The molecule has 0 saturated heterocycles. The van der Waals surface area contributed by atoms with E-state index < -0.39 is 0 Å². The largest absolute Gasteiger partial charge is 0.223 e. The molecule has 3 aromatic carbocycles. The molecule has 0 aliphatic carbocycles. The highest BCUT2D eigenvalue weighted by Crippen LogP contribution is 2.41. The average Bonchev–Trinajstić information content (AvgIpc) is 3.25. The number of thiophene rings is 2. The third kappa shape index (κ3) is 2.20. The van der Waals surface area contributed by atoms with E-state index >= 15 is 0 Å². The van der Waals surface area contributed by atoms with Gasteiger partial charge in [0.2, 0.25) is 5.69 Å². The molecule has 0 N–H and O–H groups in total. The Morgan fingerprint density at radius 1 is 0.714 bits per heavy atom. The maximum Gasteiger partial charge on any atom is 0.223 e. The molecule has 3 heterocycles. The first kappa shape index (κ1) is 16.2. The average molecular weight is 397 g/mol. The van der Waals surface area contributed by atoms with Gasteiger partial charge in [0, 0.05) is 26.2 Å². The SMILES string of the molecule is Cc1c(-c2cc3c(c[n+]2C)sc2c4ccccc4ccc32)sc2ccccc12. The number of rotatable bonds is 1. The van der Waals surface area contributed by atoms with Crippen molar-refractivity contribution in [1.29, 1.82) is 0 Å². The van der Waals surface area contributed by atoms with Gasteiger partial charge in [-0.1, -0.05) is 54.6 Å². The van der Waals surface area contributed by atoms with Crippen LogP contribution in [0.5, 0.6) is 0 Å². The highest BCUT2D eigenvalue weighted by molar-refractivity contribution is 7.26. The molecule has 0 spiro atoms. The molecular weight excluding hydrogens is 378 g/mol. The minimum Gasteiger partial charge on any atom is -0.199 e. The number of hydrogen-bond acceptors (Lipinski definition) is 2. The molecule has 0 amide bonds. The smallest absolute Gasteiger partial charge is 0.199 e. The molecule has 0 unspecified atom stereocenters. The van der Waals surface area contributed by atoms with Crippen LogP contribution in [0.3, 0.4) is 0 Å². The van der Waals surface area contributed by atoms with Crippen LogP contribution in [0.25, 0.3) is 51.6 Å². The summed E-state index contributed by atoms with van der Waals surface area (Å²) >= 11 is 3.79. The Kier molecular flexibility index (Phi) is 3.40. The van der Waals surface area contributed by atoms with Gasteiger partial charge < -0.3 is 0 Å². The van der Waals surface area contributed by atoms with Crippen molar-refractivity contribution in [1.82, 2.24) is 0 Å². The third-order valence-corrected chi connectivity index (χ3v) is 8.18. The van der Waals surface area contributed by atoms with Gasteiger partial charge in [0.1, 0.15) is 11.9 Å². The lowest BCUT2D eigenvalue weighted by Gasteiger charge is -2.01. The highest BCUT2D eigenvalue weighted by atomic mass is 32.1. The van der Waals surface area contributed by atoms with E-state index in [1.54, 1.807) is 0 Å². The van der Waals surface area contributed by atoms with Crippen LogP contribution in [0.15, 0.2) is 72.9 Å². The van der Waals surface area contributed by atoms with Crippen LogP contribution >= 0.6 is 22.7 Å². The van der Waals surface area contributed by atoms with Gasteiger partial charge in [-0.05, 0) is 34.7 Å². The lowest BCUT2D eigenvalue weighted by Crippen LogP contribution is -2.30. The second kappa shape index (κ2) is 5.87. The Morgan fingerprint density at radius 3 is 2.36 bits per heavy atom. The molecule has 0 aliphatic rings. The Hall–Kier alpha value is -2.75. The second-order valence-electron chi connectivity index (χ2n) is 7.37. The third-order valence-electron chi connectivity index (χ3n) is 5.70. The fraction of sp³-hybridized carbons (Fsp3) is 0.0800. The predicted molar refractivity (Wildman–Crippen MR) is 124 cm³/mol. The standard InChI is InChI=1S/C25H18NS2/c1-15-17-8-5-6-10-22(17)27-24(15)21-13-20-19-12-11-16-7-3-4-9-18(16)25(19)28-23(20)14-26(21)2/h3-14H,1-2H3/q+1. The quantitative estimate of drug-likeness (QED) is 0.258. The summed E-state index contributed by atoms with van der Waals surface area (Å²) in [6.45, 7) is 2.25. The molecule has 28 heavy (non-hydrogen) atoms. The molecule has 0 saturated carbocycles. The van der Waals surface area contributed by atoms with Crippen LogP contribution in [-0.4, -0.2) is 0 Å².